The van der Waals surface area contributed by atoms with Gasteiger partial charge in [0.1, 0.15) is 42.6 Å². The van der Waals surface area contributed by atoms with E-state index in [1.807, 2.05) is 19.0 Å². The molecule has 21 heteroatoms. The molecule has 5 heterocycles. The highest BCUT2D eigenvalue weighted by atomic mass is 31.2. The second-order valence-electron chi connectivity index (χ2n) is 11.1. The van der Waals surface area contributed by atoms with Crippen LogP contribution in [0.4, 0.5) is 11.8 Å². The lowest BCUT2D eigenvalue weighted by atomic mass is 10.1. The molecule has 46 heavy (non-hydrogen) atoms. The molecule has 20 nitrogen and oxygen atoms in total. The molecule has 0 aromatic carbocycles. The Balaban J connectivity index is 1.33. The van der Waals surface area contributed by atoms with Crippen LogP contribution >= 0.6 is 7.75 Å². The molecule has 0 amide bonds. The van der Waals surface area contributed by atoms with Crippen LogP contribution in [-0.2, 0) is 27.8 Å². The number of fused-ring (bicyclic) bond motifs is 1. The number of H-pyrrole nitrogens is 1. The summed E-state index contributed by atoms with van der Waals surface area (Å²) in [6.45, 7) is -0.00365. The number of nitrogens with two attached hydrogens (primary N) is 2. The first-order chi connectivity index (χ1) is 21.9. The molecule has 2 fully saturated rings. The Labute approximate surface area is 262 Å². The largest absolute Gasteiger partial charge is 0.405 e. The standard InChI is InChI=1S/C25H39N10O10P/c1-33(2)7-4-6-29-46(40,42-11-15-19(37)20(41-3)23(44-15)34-8-5-16(26)30-25(34)39)45-13-9-17(43-14(13)10-36)35-12-28-18-21(35)31-24(27)32-22(18)38/h5,8,12-15,17,19-20,23,36-37H,4,6-7,9-11H2,1-3H3,(H,29,40)(H2,26,30,39)(H3,27,31,32,38)/t13?,14-,15-,17-,19?,20-,23-,46?/m1/s1. The fraction of sp³-hybridized carbons (Fsp3) is 0.640. The quantitative estimate of drug-likeness (QED) is 0.0811. The van der Waals surface area contributed by atoms with Crippen LogP contribution in [0.1, 0.15) is 25.3 Å². The third kappa shape index (κ3) is 7.31. The van der Waals surface area contributed by atoms with Gasteiger partial charge in [-0.05, 0) is 33.1 Å². The number of anilines is 2. The molecule has 0 radical (unpaired) electrons. The number of methoxy groups -OCH3 is 1. The molecule has 2 aliphatic heterocycles. The second-order valence-corrected chi connectivity index (χ2v) is 12.9. The number of aliphatic hydroxyl groups is 2. The highest BCUT2D eigenvalue weighted by Crippen LogP contribution is 2.49. The van der Waals surface area contributed by atoms with E-state index in [4.69, 9.17) is 34.7 Å². The molecule has 0 spiro atoms. The van der Waals surface area contributed by atoms with Crippen LogP contribution < -0.4 is 27.8 Å². The molecule has 3 aromatic heterocycles. The van der Waals surface area contributed by atoms with Crippen molar-refractivity contribution in [3.63, 3.8) is 0 Å². The van der Waals surface area contributed by atoms with Gasteiger partial charge < -0.3 is 40.8 Å². The molecule has 5 rings (SSSR count). The van der Waals surface area contributed by atoms with Crippen LogP contribution in [0.2, 0.25) is 0 Å². The number of imidazole rings is 1. The zero-order chi connectivity index (χ0) is 33.2. The van der Waals surface area contributed by atoms with Gasteiger partial charge in [0.15, 0.2) is 17.4 Å². The molecular formula is C25H39N10O10P. The Morgan fingerprint density at radius 1 is 1.22 bits per heavy atom. The van der Waals surface area contributed by atoms with Gasteiger partial charge in [0.05, 0.1) is 19.5 Å². The molecule has 2 saturated heterocycles. The van der Waals surface area contributed by atoms with Crippen molar-refractivity contribution < 1.29 is 38.0 Å². The van der Waals surface area contributed by atoms with Crippen molar-refractivity contribution in [2.75, 3.05) is 59.0 Å². The maximum atomic E-state index is 14.2. The van der Waals surface area contributed by atoms with E-state index in [-0.39, 0.29) is 35.9 Å². The predicted octanol–water partition coefficient (Wildman–Crippen LogP) is -1.85. The summed E-state index contributed by atoms with van der Waals surface area (Å²) in [5.41, 5.74) is 10.3. The number of nitrogens with one attached hydrogen (secondary N) is 2. The van der Waals surface area contributed by atoms with Crippen molar-refractivity contribution in [1.29, 1.82) is 0 Å². The van der Waals surface area contributed by atoms with E-state index >= 15 is 0 Å². The molecule has 2 aliphatic rings. The van der Waals surface area contributed by atoms with Crippen molar-refractivity contribution >= 4 is 30.7 Å². The van der Waals surface area contributed by atoms with Crippen molar-refractivity contribution in [3.05, 3.63) is 39.4 Å². The average molecular weight is 671 g/mol. The van der Waals surface area contributed by atoms with Crippen LogP contribution in [0.5, 0.6) is 0 Å². The lowest BCUT2D eigenvalue weighted by Gasteiger charge is -2.26. The Bertz CT molecular complexity index is 1670. The highest BCUT2D eigenvalue weighted by Gasteiger charge is 2.48. The van der Waals surface area contributed by atoms with Gasteiger partial charge in [0.2, 0.25) is 5.95 Å². The van der Waals surface area contributed by atoms with Crippen molar-refractivity contribution in [2.24, 2.45) is 0 Å². The van der Waals surface area contributed by atoms with Crippen LogP contribution in [0.15, 0.2) is 28.2 Å². The number of rotatable bonds is 14. The molecule has 3 aromatic rings. The number of aromatic nitrogens is 6. The Hall–Kier alpha value is -3.30. The van der Waals surface area contributed by atoms with Crippen LogP contribution in [0.25, 0.3) is 11.2 Å². The van der Waals surface area contributed by atoms with Crippen molar-refractivity contribution in [1.82, 2.24) is 39.1 Å². The minimum atomic E-state index is -4.17. The molecule has 0 aliphatic carbocycles. The summed E-state index contributed by atoms with van der Waals surface area (Å²) >= 11 is 0. The molecule has 8 N–H and O–H groups in total. The molecule has 8 atom stereocenters. The summed E-state index contributed by atoms with van der Waals surface area (Å²) in [7, 11) is 0.974. The molecule has 0 saturated carbocycles. The number of nitrogen functional groups attached to an aromatic ring is 2. The second kappa shape index (κ2) is 14.2. The predicted molar refractivity (Wildman–Crippen MR) is 161 cm³/mol. The summed E-state index contributed by atoms with van der Waals surface area (Å²) in [5.74, 6) is -0.1000. The highest BCUT2D eigenvalue weighted by molar-refractivity contribution is 7.51. The number of hydrogen-bond donors (Lipinski definition) is 6. The third-order valence-electron chi connectivity index (χ3n) is 7.60. The number of aromatic amines is 1. The van der Waals surface area contributed by atoms with Gasteiger partial charge in [-0.2, -0.15) is 9.97 Å². The molecule has 254 valence electrons. The van der Waals surface area contributed by atoms with Gasteiger partial charge in [-0.3, -0.25) is 28.0 Å². The lowest BCUT2D eigenvalue weighted by molar-refractivity contribution is -0.0633. The summed E-state index contributed by atoms with van der Waals surface area (Å²) < 4.78 is 45.9. The summed E-state index contributed by atoms with van der Waals surface area (Å²) in [6.07, 6.45) is -3.77. The summed E-state index contributed by atoms with van der Waals surface area (Å²) in [6, 6.07) is 1.40. The average Bonchev–Trinajstić information content (AvgIpc) is 3.69. The normalized spacial score (nSPS) is 27.9. The molecule has 0 bridgehead atoms. The first-order valence-corrected chi connectivity index (χ1v) is 16.0. The molecule has 3 unspecified atom stereocenters. The Kier molecular flexibility index (Phi) is 10.5. The van der Waals surface area contributed by atoms with Crippen molar-refractivity contribution in [2.45, 2.75) is 55.8 Å². The molecular weight excluding hydrogens is 631 g/mol. The van der Waals surface area contributed by atoms with Gasteiger partial charge in [-0.1, -0.05) is 0 Å². The number of ether oxygens (including phenoxy) is 3. The van der Waals surface area contributed by atoms with Gasteiger partial charge in [0.25, 0.3) is 5.56 Å². The smallest absolute Gasteiger partial charge is 0.394 e. The van der Waals surface area contributed by atoms with E-state index in [0.717, 1.165) is 4.57 Å². The van der Waals surface area contributed by atoms with E-state index in [1.54, 1.807) is 0 Å². The van der Waals surface area contributed by atoms with Gasteiger partial charge in [-0.15, -0.1) is 0 Å². The van der Waals surface area contributed by atoms with E-state index in [2.05, 4.69) is 25.0 Å². The van der Waals surface area contributed by atoms with E-state index < -0.39 is 75.2 Å². The first-order valence-electron chi connectivity index (χ1n) is 14.5. The maximum absolute atomic E-state index is 14.2. The van der Waals surface area contributed by atoms with E-state index in [1.165, 1.54) is 30.3 Å². The topological polar surface area (TPSA) is 269 Å². The fourth-order valence-corrected chi connectivity index (χ4v) is 6.91. The van der Waals surface area contributed by atoms with E-state index in [9.17, 15) is 24.4 Å². The van der Waals surface area contributed by atoms with Crippen LogP contribution in [-0.4, -0.2) is 122 Å². The van der Waals surface area contributed by atoms with Gasteiger partial charge in [-0.25, -0.2) is 19.4 Å². The van der Waals surface area contributed by atoms with Gasteiger partial charge >= 0.3 is 13.4 Å². The Morgan fingerprint density at radius 3 is 2.70 bits per heavy atom. The SMILES string of the molecule is CO[C@@H]1C(O)[C@@H](COP(=O)(NCCCN(C)C)OC2C[C@H](n3cnc4c(=O)[nH]c(N)nc43)O[C@@H]2CO)O[C@H]1n1ccc(N)nc1=O. The first kappa shape index (κ1) is 34.0. The summed E-state index contributed by atoms with van der Waals surface area (Å²) in [5, 5.41) is 23.9. The zero-order valence-electron chi connectivity index (χ0n) is 25.5. The third-order valence-corrected chi connectivity index (χ3v) is 9.25. The van der Waals surface area contributed by atoms with Crippen LogP contribution in [0.3, 0.4) is 0 Å². The zero-order valence-corrected chi connectivity index (χ0v) is 26.4. The monoisotopic (exact) mass is 670 g/mol. The number of nitrogens with zero attached hydrogens (tertiary/aromatic N) is 6. The summed E-state index contributed by atoms with van der Waals surface area (Å²) in [4.78, 5) is 41.0. The fourth-order valence-electron chi connectivity index (χ4n) is 5.33. The Morgan fingerprint density at radius 2 is 2.00 bits per heavy atom. The van der Waals surface area contributed by atoms with E-state index in [0.29, 0.717) is 13.0 Å². The number of hydrogen-bond acceptors (Lipinski definition) is 16. The number of aliphatic hydroxyl groups excluding tert-OH is 2. The van der Waals surface area contributed by atoms with Crippen molar-refractivity contribution in [3.8, 4) is 0 Å². The lowest BCUT2D eigenvalue weighted by Crippen LogP contribution is -2.38. The van der Waals surface area contributed by atoms with Crippen LogP contribution in [0, 0.1) is 0 Å². The minimum Gasteiger partial charge on any atom is -0.394 e. The minimum absolute atomic E-state index is 0.0154. The maximum Gasteiger partial charge on any atom is 0.405 e. The van der Waals surface area contributed by atoms with Gasteiger partial charge in [0, 0.05) is 26.3 Å².